The fourth-order valence-corrected chi connectivity index (χ4v) is 3.29. The predicted octanol–water partition coefficient (Wildman–Crippen LogP) is 2.59. The molecule has 0 amide bonds. The van der Waals surface area contributed by atoms with E-state index in [1.165, 1.54) is 24.3 Å². The van der Waals surface area contributed by atoms with Crippen molar-refractivity contribution in [3.8, 4) is 0 Å². The quantitative estimate of drug-likeness (QED) is 0.914. The van der Waals surface area contributed by atoms with Gasteiger partial charge in [-0.25, -0.2) is 12.8 Å². The zero-order valence-electron chi connectivity index (χ0n) is 10.6. The monoisotopic (exact) mass is 292 g/mol. The van der Waals surface area contributed by atoms with Crippen LogP contribution in [0, 0.1) is 5.82 Å². The van der Waals surface area contributed by atoms with Crippen LogP contribution in [0.25, 0.3) is 0 Å². The van der Waals surface area contributed by atoms with Gasteiger partial charge in [0.1, 0.15) is 5.82 Å². The molecule has 6 heteroatoms. The van der Waals surface area contributed by atoms with E-state index in [1.54, 1.807) is 18.2 Å². The van der Waals surface area contributed by atoms with Gasteiger partial charge in [0, 0.05) is 17.9 Å². The van der Waals surface area contributed by atoms with E-state index in [-0.39, 0.29) is 4.90 Å². The molecule has 20 heavy (non-hydrogen) atoms. The van der Waals surface area contributed by atoms with Crippen LogP contribution in [0.1, 0.15) is 5.56 Å². The number of nitrogens with one attached hydrogen (secondary N) is 2. The van der Waals surface area contributed by atoms with Crippen LogP contribution < -0.4 is 10.0 Å². The summed E-state index contributed by atoms with van der Waals surface area (Å²) in [5.74, 6) is -0.406. The molecule has 1 aliphatic rings. The molecule has 0 radical (unpaired) electrons. The van der Waals surface area contributed by atoms with E-state index in [0.29, 0.717) is 5.69 Å². The largest absolute Gasteiger partial charge is 0.384 e. The molecule has 0 aromatic heterocycles. The van der Waals surface area contributed by atoms with Crippen LogP contribution in [0.3, 0.4) is 0 Å². The summed E-state index contributed by atoms with van der Waals surface area (Å²) in [6.07, 6.45) is 0.815. The third-order valence-corrected chi connectivity index (χ3v) is 4.57. The van der Waals surface area contributed by atoms with E-state index in [9.17, 15) is 12.8 Å². The smallest absolute Gasteiger partial charge is 0.261 e. The number of rotatable bonds is 3. The molecule has 1 heterocycles. The second-order valence-corrected chi connectivity index (χ2v) is 6.29. The molecule has 0 saturated heterocycles. The minimum Gasteiger partial charge on any atom is -0.384 e. The molecule has 0 spiro atoms. The molecule has 0 atom stereocenters. The number of hydrogen-bond acceptors (Lipinski definition) is 3. The van der Waals surface area contributed by atoms with E-state index in [4.69, 9.17) is 0 Å². The number of benzene rings is 2. The lowest BCUT2D eigenvalue weighted by molar-refractivity contribution is 0.601. The number of fused-ring (bicyclic) bond motifs is 1. The van der Waals surface area contributed by atoms with Gasteiger partial charge in [0.05, 0.1) is 4.90 Å². The second-order valence-electron chi connectivity index (χ2n) is 4.61. The van der Waals surface area contributed by atoms with Crippen molar-refractivity contribution in [1.82, 2.24) is 0 Å². The normalized spacial score (nSPS) is 13.7. The highest BCUT2D eigenvalue weighted by Crippen LogP contribution is 2.26. The molecular formula is C14H13FN2O2S. The van der Waals surface area contributed by atoms with Crippen LogP contribution in [-0.4, -0.2) is 15.0 Å². The molecule has 2 N–H and O–H groups in total. The molecule has 0 unspecified atom stereocenters. The number of hydrogen-bond donors (Lipinski definition) is 2. The first-order chi connectivity index (χ1) is 9.54. The SMILES string of the molecule is O=S(=O)(Nc1ccc(F)cc1)c1ccc2c(c1)CCN2. The highest BCUT2D eigenvalue weighted by Gasteiger charge is 2.18. The lowest BCUT2D eigenvalue weighted by Gasteiger charge is -2.09. The topological polar surface area (TPSA) is 58.2 Å². The predicted molar refractivity (Wildman–Crippen MR) is 75.8 cm³/mol. The van der Waals surface area contributed by atoms with Crippen molar-refractivity contribution in [2.45, 2.75) is 11.3 Å². The summed E-state index contributed by atoms with van der Waals surface area (Å²) < 4.78 is 39.8. The maximum atomic E-state index is 12.8. The zero-order chi connectivity index (χ0) is 14.2. The van der Waals surface area contributed by atoms with Crippen molar-refractivity contribution in [3.05, 3.63) is 53.8 Å². The van der Waals surface area contributed by atoms with E-state index in [1.807, 2.05) is 0 Å². The Bertz CT molecular complexity index is 742. The summed E-state index contributed by atoms with van der Waals surface area (Å²) in [6.45, 7) is 0.824. The van der Waals surface area contributed by atoms with E-state index >= 15 is 0 Å². The average molecular weight is 292 g/mol. The van der Waals surface area contributed by atoms with Gasteiger partial charge in [0.15, 0.2) is 0 Å². The number of sulfonamides is 1. The Morgan fingerprint density at radius 2 is 1.85 bits per heavy atom. The zero-order valence-corrected chi connectivity index (χ0v) is 11.4. The van der Waals surface area contributed by atoms with Crippen molar-refractivity contribution in [1.29, 1.82) is 0 Å². The minimum absolute atomic E-state index is 0.212. The maximum absolute atomic E-state index is 12.8. The summed E-state index contributed by atoms with van der Waals surface area (Å²) in [4.78, 5) is 0.212. The lowest BCUT2D eigenvalue weighted by Crippen LogP contribution is -2.13. The standard InChI is InChI=1S/C14H13FN2O2S/c15-11-1-3-12(4-2-11)17-20(18,19)13-5-6-14-10(9-13)7-8-16-14/h1-6,9,16-17H,7-8H2. The maximum Gasteiger partial charge on any atom is 0.261 e. The van der Waals surface area contributed by atoms with Gasteiger partial charge in [0.25, 0.3) is 10.0 Å². The Morgan fingerprint density at radius 1 is 1.10 bits per heavy atom. The van der Waals surface area contributed by atoms with Crippen LogP contribution in [0.15, 0.2) is 47.4 Å². The van der Waals surface area contributed by atoms with Crippen LogP contribution in [-0.2, 0) is 16.4 Å². The van der Waals surface area contributed by atoms with Crippen LogP contribution in [0.5, 0.6) is 0 Å². The Labute approximate surface area is 116 Å². The molecule has 4 nitrogen and oxygen atoms in total. The Morgan fingerprint density at radius 3 is 2.60 bits per heavy atom. The molecule has 104 valence electrons. The summed E-state index contributed by atoms with van der Waals surface area (Å²) in [6, 6.07) is 10.2. The second kappa shape index (κ2) is 4.79. The Hall–Kier alpha value is -2.08. The van der Waals surface area contributed by atoms with Crippen molar-refractivity contribution < 1.29 is 12.8 Å². The van der Waals surface area contributed by atoms with E-state index in [0.717, 1.165) is 24.2 Å². The molecule has 2 aromatic rings. The molecule has 0 fully saturated rings. The molecular weight excluding hydrogens is 279 g/mol. The molecule has 0 bridgehead atoms. The summed E-state index contributed by atoms with van der Waals surface area (Å²) in [7, 11) is -3.65. The summed E-state index contributed by atoms with van der Waals surface area (Å²) >= 11 is 0. The van der Waals surface area contributed by atoms with Gasteiger partial charge in [0.2, 0.25) is 0 Å². The number of anilines is 2. The van der Waals surface area contributed by atoms with Gasteiger partial charge in [-0.2, -0.15) is 0 Å². The molecule has 0 saturated carbocycles. The third kappa shape index (κ3) is 2.46. The van der Waals surface area contributed by atoms with Crippen molar-refractivity contribution in [2.24, 2.45) is 0 Å². The first kappa shape index (κ1) is 12.9. The van der Waals surface area contributed by atoms with Gasteiger partial charge < -0.3 is 5.32 Å². The van der Waals surface area contributed by atoms with Crippen molar-refractivity contribution >= 4 is 21.4 Å². The highest BCUT2D eigenvalue weighted by atomic mass is 32.2. The Balaban J connectivity index is 1.90. The van der Waals surface area contributed by atoms with E-state index < -0.39 is 15.8 Å². The van der Waals surface area contributed by atoms with E-state index in [2.05, 4.69) is 10.0 Å². The van der Waals surface area contributed by atoms with Gasteiger partial charge >= 0.3 is 0 Å². The van der Waals surface area contributed by atoms with Gasteiger partial charge in [-0.05, 0) is 54.4 Å². The van der Waals surface area contributed by atoms with Crippen molar-refractivity contribution in [3.63, 3.8) is 0 Å². The first-order valence-electron chi connectivity index (χ1n) is 6.20. The average Bonchev–Trinajstić information content (AvgIpc) is 2.88. The van der Waals surface area contributed by atoms with Crippen molar-refractivity contribution in [2.75, 3.05) is 16.6 Å². The molecule has 0 aliphatic carbocycles. The Kier molecular flexibility index (Phi) is 3.10. The van der Waals surface area contributed by atoms with Gasteiger partial charge in [-0.1, -0.05) is 0 Å². The number of halogens is 1. The minimum atomic E-state index is -3.65. The lowest BCUT2D eigenvalue weighted by atomic mass is 10.2. The van der Waals surface area contributed by atoms with Gasteiger partial charge in [-0.3, -0.25) is 4.72 Å². The van der Waals surface area contributed by atoms with Crippen LogP contribution in [0.2, 0.25) is 0 Å². The molecule has 2 aromatic carbocycles. The molecule has 3 rings (SSSR count). The summed E-state index contributed by atoms with van der Waals surface area (Å²) in [5.41, 5.74) is 2.31. The van der Waals surface area contributed by atoms with Gasteiger partial charge in [-0.15, -0.1) is 0 Å². The fraction of sp³-hybridized carbons (Fsp3) is 0.143. The first-order valence-corrected chi connectivity index (χ1v) is 7.68. The molecule has 1 aliphatic heterocycles. The third-order valence-electron chi connectivity index (χ3n) is 3.19. The van der Waals surface area contributed by atoms with Crippen LogP contribution >= 0.6 is 0 Å². The van der Waals surface area contributed by atoms with Crippen LogP contribution in [0.4, 0.5) is 15.8 Å². The fourth-order valence-electron chi connectivity index (χ4n) is 2.18. The highest BCUT2D eigenvalue weighted by molar-refractivity contribution is 7.92. The summed E-state index contributed by atoms with van der Waals surface area (Å²) in [5, 5.41) is 3.18.